The highest BCUT2D eigenvalue weighted by atomic mass is 16.2. The maximum absolute atomic E-state index is 12.6. The molecule has 2 aliphatic rings. The van der Waals surface area contributed by atoms with Gasteiger partial charge in [-0.05, 0) is 49.6 Å². The third-order valence-electron chi connectivity index (χ3n) is 4.52. The number of nitrogens with one attached hydrogen (secondary N) is 1. The molecule has 0 aromatic heterocycles. The van der Waals surface area contributed by atoms with Crippen LogP contribution in [0.3, 0.4) is 0 Å². The van der Waals surface area contributed by atoms with Gasteiger partial charge in [0.25, 0.3) is 5.91 Å². The number of hydrogen-bond acceptors (Lipinski definition) is 3. The zero-order chi connectivity index (χ0) is 14.1. The van der Waals surface area contributed by atoms with E-state index in [0.717, 1.165) is 30.9 Å². The van der Waals surface area contributed by atoms with E-state index in [1.165, 1.54) is 12.8 Å². The average molecular weight is 273 g/mol. The van der Waals surface area contributed by atoms with Crippen molar-refractivity contribution in [1.82, 2.24) is 10.2 Å². The van der Waals surface area contributed by atoms with Crippen LogP contribution in [-0.2, 0) is 0 Å². The average Bonchev–Trinajstić information content (AvgIpc) is 2.90. The maximum Gasteiger partial charge on any atom is 0.253 e. The largest absolute Gasteiger partial charge is 0.378 e. The van der Waals surface area contributed by atoms with Crippen LogP contribution in [0.25, 0.3) is 0 Å². The summed E-state index contributed by atoms with van der Waals surface area (Å²) in [4.78, 5) is 16.6. The second kappa shape index (κ2) is 5.44. The zero-order valence-corrected chi connectivity index (χ0v) is 12.3. The van der Waals surface area contributed by atoms with Gasteiger partial charge in [0, 0.05) is 44.5 Å². The first-order chi connectivity index (χ1) is 9.65. The minimum Gasteiger partial charge on any atom is -0.378 e. The van der Waals surface area contributed by atoms with Gasteiger partial charge in [-0.2, -0.15) is 0 Å². The second-order valence-electron chi connectivity index (χ2n) is 6.11. The predicted molar refractivity (Wildman–Crippen MR) is 81.2 cm³/mol. The molecule has 2 unspecified atom stereocenters. The van der Waals surface area contributed by atoms with Crippen molar-refractivity contribution in [2.45, 2.75) is 18.9 Å². The molecule has 108 valence electrons. The number of carbonyl (C=O) groups is 1. The molecular formula is C16H23N3O. The fourth-order valence-corrected chi connectivity index (χ4v) is 3.30. The Morgan fingerprint density at radius 3 is 2.65 bits per heavy atom. The molecule has 1 N–H and O–H groups in total. The Bertz CT molecular complexity index is 469. The van der Waals surface area contributed by atoms with Gasteiger partial charge in [-0.15, -0.1) is 0 Å². The lowest BCUT2D eigenvalue weighted by atomic mass is 9.94. The molecule has 2 fully saturated rings. The molecule has 2 aliphatic heterocycles. The van der Waals surface area contributed by atoms with E-state index in [1.807, 2.05) is 48.2 Å². The molecule has 1 aromatic carbocycles. The van der Waals surface area contributed by atoms with Crippen LogP contribution in [0.2, 0.25) is 0 Å². The predicted octanol–water partition coefficient (Wildman–Crippen LogP) is 1.58. The highest BCUT2D eigenvalue weighted by molar-refractivity contribution is 5.94. The Hall–Kier alpha value is -1.55. The van der Waals surface area contributed by atoms with Gasteiger partial charge in [-0.3, -0.25) is 4.79 Å². The van der Waals surface area contributed by atoms with E-state index in [9.17, 15) is 4.79 Å². The van der Waals surface area contributed by atoms with E-state index in [4.69, 9.17) is 0 Å². The minimum absolute atomic E-state index is 0.173. The van der Waals surface area contributed by atoms with Crippen LogP contribution in [0.4, 0.5) is 5.69 Å². The van der Waals surface area contributed by atoms with E-state index >= 15 is 0 Å². The quantitative estimate of drug-likeness (QED) is 0.888. The first-order valence-electron chi connectivity index (χ1n) is 7.45. The number of amides is 1. The number of hydrogen-bond donors (Lipinski definition) is 1. The molecule has 4 heteroatoms. The fourth-order valence-electron chi connectivity index (χ4n) is 3.30. The Morgan fingerprint density at radius 1 is 1.25 bits per heavy atom. The Labute approximate surface area is 120 Å². The van der Waals surface area contributed by atoms with Gasteiger partial charge < -0.3 is 15.1 Å². The number of fused-ring (bicyclic) bond motifs is 1. The number of carbonyl (C=O) groups excluding carboxylic acids is 1. The van der Waals surface area contributed by atoms with Crippen LogP contribution in [0.1, 0.15) is 23.2 Å². The molecule has 3 rings (SSSR count). The van der Waals surface area contributed by atoms with Crippen molar-refractivity contribution in [2.24, 2.45) is 5.92 Å². The van der Waals surface area contributed by atoms with Crippen LogP contribution < -0.4 is 10.2 Å². The summed E-state index contributed by atoms with van der Waals surface area (Å²) in [6.07, 6.45) is 2.49. The van der Waals surface area contributed by atoms with E-state index in [2.05, 4.69) is 5.32 Å². The first kappa shape index (κ1) is 13.4. The minimum atomic E-state index is 0.173. The lowest BCUT2D eigenvalue weighted by Gasteiger charge is -2.24. The summed E-state index contributed by atoms with van der Waals surface area (Å²) >= 11 is 0. The van der Waals surface area contributed by atoms with Gasteiger partial charge in [0.05, 0.1) is 0 Å². The van der Waals surface area contributed by atoms with Crippen LogP contribution in [0.5, 0.6) is 0 Å². The summed E-state index contributed by atoms with van der Waals surface area (Å²) in [5.74, 6) is 0.820. The number of rotatable bonds is 2. The van der Waals surface area contributed by atoms with Gasteiger partial charge in [0.1, 0.15) is 0 Å². The van der Waals surface area contributed by atoms with Crippen LogP contribution in [0.15, 0.2) is 24.3 Å². The first-order valence-corrected chi connectivity index (χ1v) is 7.45. The molecule has 2 atom stereocenters. The smallest absolute Gasteiger partial charge is 0.253 e. The Balaban J connectivity index is 1.69. The lowest BCUT2D eigenvalue weighted by Crippen LogP contribution is -2.41. The van der Waals surface area contributed by atoms with Crippen molar-refractivity contribution in [3.63, 3.8) is 0 Å². The van der Waals surface area contributed by atoms with Gasteiger partial charge in [0.15, 0.2) is 0 Å². The number of anilines is 1. The summed E-state index contributed by atoms with van der Waals surface area (Å²) in [6.45, 7) is 2.87. The molecule has 0 spiro atoms. The molecule has 1 aromatic rings. The highest BCUT2D eigenvalue weighted by Gasteiger charge is 2.36. The molecule has 2 saturated heterocycles. The monoisotopic (exact) mass is 273 g/mol. The van der Waals surface area contributed by atoms with Crippen molar-refractivity contribution in [3.05, 3.63) is 29.8 Å². The summed E-state index contributed by atoms with van der Waals surface area (Å²) in [5, 5.41) is 3.54. The number of piperidine rings is 1. The van der Waals surface area contributed by atoms with Crippen LogP contribution in [-0.4, -0.2) is 50.6 Å². The standard InChI is InChI=1S/C16H23N3O/c1-18(2)14-7-5-12(6-8-14)16(20)19-10-13-4-3-9-17-15(13)11-19/h5-8,13,15,17H,3-4,9-11H2,1-2H3. The van der Waals surface area contributed by atoms with Gasteiger partial charge in [0.2, 0.25) is 0 Å². The van der Waals surface area contributed by atoms with E-state index in [-0.39, 0.29) is 5.91 Å². The number of likely N-dealkylation sites (tertiary alicyclic amines) is 1. The molecule has 1 amide bonds. The lowest BCUT2D eigenvalue weighted by molar-refractivity contribution is 0.0785. The van der Waals surface area contributed by atoms with Crippen molar-refractivity contribution in [2.75, 3.05) is 38.6 Å². The van der Waals surface area contributed by atoms with Crippen LogP contribution >= 0.6 is 0 Å². The van der Waals surface area contributed by atoms with Gasteiger partial charge in [-0.25, -0.2) is 0 Å². The highest BCUT2D eigenvalue weighted by Crippen LogP contribution is 2.26. The molecule has 2 heterocycles. The second-order valence-corrected chi connectivity index (χ2v) is 6.11. The SMILES string of the molecule is CN(C)c1ccc(C(=O)N2CC3CCCNC3C2)cc1. The van der Waals surface area contributed by atoms with Crippen molar-refractivity contribution >= 4 is 11.6 Å². The zero-order valence-electron chi connectivity index (χ0n) is 12.3. The molecule has 0 radical (unpaired) electrons. The third kappa shape index (κ3) is 2.52. The van der Waals surface area contributed by atoms with E-state index < -0.39 is 0 Å². The summed E-state index contributed by atoms with van der Waals surface area (Å²) in [5.41, 5.74) is 1.92. The molecular weight excluding hydrogens is 250 g/mol. The van der Waals surface area contributed by atoms with E-state index in [0.29, 0.717) is 12.0 Å². The molecule has 0 bridgehead atoms. The third-order valence-corrected chi connectivity index (χ3v) is 4.52. The van der Waals surface area contributed by atoms with Crippen molar-refractivity contribution in [3.8, 4) is 0 Å². The summed E-state index contributed by atoms with van der Waals surface area (Å²) in [6, 6.07) is 8.40. The van der Waals surface area contributed by atoms with Gasteiger partial charge >= 0.3 is 0 Å². The Morgan fingerprint density at radius 2 is 2.00 bits per heavy atom. The topological polar surface area (TPSA) is 35.6 Å². The number of nitrogens with zero attached hydrogens (tertiary/aromatic N) is 2. The molecule has 0 aliphatic carbocycles. The van der Waals surface area contributed by atoms with Crippen LogP contribution in [0, 0.1) is 5.92 Å². The summed E-state index contributed by atoms with van der Waals surface area (Å²) in [7, 11) is 4.02. The maximum atomic E-state index is 12.6. The normalized spacial score (nSPS) is 25.4. The van der Waals surface area contributed by atoms with Gasteiger partial charge in [-0.1, -0.05) is 0 Å². The fraction of sp³-hybridized carbons (Fsp3) is 0.562. The van der Waals surface area contributed by atoms with E-state index in [1.54, 1.807) is 0 Å². The molecule has 4 nitrogen and oxygen atoms in total. The van der Waals surface area contributed by atoms with Crippen molar-refractivity contribution in [1.29, 1.82) is 0 Å². The summed E-state index contributed by atoms with van der Waals surface area (Å²) < 4.78 is 0. The number of benzene rings is 1. The Kier molecular flexibility index (Phi) is 3.66. The van der Waals surface area contributed by atoms with Crippen molar-refractivity contribution < 1.29 is 4.79 Å². The molecule has 0 saturated carbocycles. The molecule has 20 heavy (non-hydrogen) atoms.